The molecule has 1 amide bonds. The molecular weight excluding hydrogens is 452 g/mol. The van der Waals surface area contributed by atoms with Crippen molar-refractivity contribution in [2.24, 2.45) is 5.14 Å². The largest absolute Gasteiger partial charge is 0.467 e. The lowest BCUT2D eigenvalue weighted by Gasteiger charge is -2.09. The van der Waals surface area contributed by atoms with Gasteiger partial charge < -0.3 is 9.73 Å². The molecule has 0 fully saturated rings. The molecule has 3 heterocycles. The molecule has 3 aromatic heterocycles. The molecule has 0 saturated heterocycles. The van der Waals surface area contributed by atoms with Crippen molar-refractivity contribution in [2.45, 2.75) is 16.6 Å². The Hall–Kier alpha value is -3.48. The number of amides is 1. The van der Waals surface area contributed by atoms with Crippen LogP contribution >= 0.6 is 11.8 Å². The Bertz CT molecular complexity index is 1300. The molecule has 1 aromatic carbocycles. The van der Waals surface area contributed by atoms with Crippen molar-refractivity contribution in [1.29, 1.82) is 0 Å². The highest BCUT2D eigenvalue weighted by Gasteiger charge is 2.17. The van der Waals surface area contributed by atoms with Gasteiger partial charge in [0.1, 0.15) is 5.76 Å². The van der Waals surface area contributed by atoms with Crippen LogP contribution in [0.2, 0.25) is 0 Å². The third kappa shape index (κ3) is 5.22. The van der Waals surface area contributed by atoms with E-state index in [9.17, 15) is 13.2 Å². The predicted molar refractivity (Wildman–Crippen MR) is 118 cm³/mol. The summed E-state index contributed by atoms with van der Waals surface area (Å²) in [6.07, 6.45) is 4.95. The van der Waals surface area contributed by atoms with Gasteiger partial charge in [-0.1, -0.05) is 11.8 Å². The van der Waals surface area contributed by atoms with Crippen LogP contribution in [-0.4, -0.2) is 39.8 Å². The SMILES string of the molecule is NS(=O)(=O)c1ccc(NC(=O)CSc2nnc(-c3cccnc3)n2Cc2ccco2)cc1. The van der Waals surface area contributed by atoms with Crippen LogP contribution in [0.1, 0.15) is 5.76 Å². The number of primary sulfonamides is 1. The summed E-state index contributed by atoms with van der Waals surface area (Å²) < 4.78 is 30.0. The van der Waals surface area contributed by atoms with Crippen LogP contribution < -0.4 is 10.5 Å². The second-order valence-electron chi connectivity index (χ2n) is 6.62. The fourth-order valence-corrected chi connectivity index (χ4v) is 4.11. The Morgan fingerprint density at radius 1 is 1.12 bits per heavy atom. The average Bonchev–Trinajstić information content (AvgIpc) is 3.43. The predicted octanol–water partition coefficient (Wildman–Crippen LogP) is 2.36. The van der Waals surface area contributed by atoms with Crippen LogP contribution in [0.25, 0.3) is 11.4 Å². The van der Waals surface area contributed by atoms with Crippen LogP contribution in [0.4, 0.5) is 5.69 Å². The third-order valence-corrected chi connectivity index (χ3v) is 6.23. The molecule has 164 valence electrons. The normalized spacial score (nSPS) is 11.4. The number of hydrogen-bond acceptors (Lipinski definition) is 8. The summed E-state index contributed by atoms with van der Waals surface area (Å²) >= 11 is 1.22. The van der Waals surface area contributed by atoms with Gasteiger partial charge in [-0.15, -0.1) is 10.2 Å². The molecule has 0 aliphatic heterocycles. The molecule has 10 nitrogen and oxygen atoms in total. The van der Waals surface area contributed by atoms with Crippen molar-refractivity contribution in [3.8, 4) is 11.4 Å². The van der Waals surface area contributed by atoms with E-state index >= 15 is 0 Å². The van der Waals surface area contributed by atoms with Crippen molar-refractivity contribution >= 4 is 33.4 Å². The van der Waals surface area contributed by atoms with Gasteiger partial charge in [-0.25, -0.2) is 13.6 Å². The second kappa shape index (κ2) is 9.34. The molecule has 4 rings (SSSR count). The van der Waals surface area contributed by atoms with Gasteiger partial charge >= 0.3 is 0 Å². The van der Waals surface area contributed by atoms with E-state index < -0.39 is 10.0 Å². The molecule has 32 heavy (non-hydrogen) atoms. The smallest absolute Gasteiger partial charge is 0.238 e. The zero-order chi connectivity index (χ0) is 22.6. The quantitative estimate of drug-likeness (QED) is 0.373. The molecule has 3 N–H and O–H groups in total. The van der Waals surface area contributed by atoms with Gasteiger partial charge in [0.25, 0.3) is 0 Å². The maximum absolute atomic E-state index is 12.4. The van der Waals surface area contributed by atoms with Crippen molar-refractivity contribution in [3.63, 3.8) is 0 Å². The molecule has 0 aliphatic carbocycles. The molecule has 0 unspecified atom stereocenters. The number of nitrogens with zero attached hydrogens (tertiary/aromatic N) is 4. The van der Waals surface area contributed by atoms with Crippen LogP contribution in [0.15, 0.2) is 81.7 Å². The highest BCUT2D eigenvalue weighted by Crippen LogP contribution is 2.25. The van der Waals surface area contributed by atoms with E-state index in [4.69, 9.17) is 9.56 Å². The number of carbonyl (C=O) groups excluding carboxylic acids is 1. The van der Waals surface area contributed by atoms with Gasteiger partial charge in [0.2, 0.25) is 15.9 Å². The number of furan rings is 1. The fourth-order valence-electron chi connectivity index (χ4n) is 2.86. The number of anilines is 1. The lowest BCUT2D eigenvalue weighted by molar-refractivity contribution is -0.113. The molecule has 4 aromatic rings. The molecule has 0 aliphatic rings. The van der Waals surface area contributed by atoms with E-state index in [0.717, 1.165) is 11.3 Å². The van der Waals surface area contributed by atoms with Crippen molar-refractivity contribution in [3.05, 3.63) is 72.9 Å². The highest BCUT2D eigenvalue weighted by atomic mass is 32.2. The summed E-state index contributed by atoms with van der Waals surface area (Å²) in [6, 6.07) is 12.9. The number of sulfonamides is 1. The van der Waals surface area contributed by atoms with Crippen LogP contribution in [0.5, 0.6) is 0 Å². The zero-order valence-electron chi connectivity index (χ0n) is 16.6. The number of thioether (sulfide) groups is 1. The van der Waals surface area contributed by atoms with E-state index in [-0.39, 0.29) is 16.6 Å². The standard InChI is InChI=1S/C20H18N6O4S2/c21-32(28,29)17-7-5-15(6-8-17)23-18(27)13-31-20-25-24-19(14-3-1-9-22-11-14)26(20)12-16-4-2-10-30-16/h1-11H,12-13H2,(H,23,27)(H2,21,28,29). The van der Waals surface area contributed by atoms with Gasteiger partial charge in [-0.2, -0.15) is 0 Å². The summed E-state index contributed by atoms with van der Waals surface area (Å²) in [5.41, 5.74) is 1.24. The van der Waals surface area contributed by atoms with E-state index in [1.165, 1.54) is 36.0 Å². The summed E-state index contributed by atoms with van der Waals surface area (Å²) in [4.78, 5) is 16.5. The van der Waals surface area contributed by atoms with Crippen LogP contribution in [-0.2, 0) is 21.4 Å². The topological polar surface area (TPSA) is 146 Å². The number of carbonyl (C=O) groups is 1. The minimum Gasteiger partial charge on any atom is -0.467 e. The molecule has 0 saturated carbocycles. The number of nitrogens with two attached hydrogens (primary N) is 1. The first-order chi connectivity index (χ1) is 15.4. The molecule has 0 radical (unpaired) electrons. The van der Waals surface area contributed by atoms with Gasteiger partial charge in [-0.3, -0.25) is 14.3 Å². The Morgan fingerprint density at radius 3 is 2.59 bits per heavy atom. The van der Waals surface area contributed by atoms with Crippen molar-refractivity contribution < 1.29 is 17.6 Å². The molecule has 12 heteroatoms. The Labute approximate surface area is 187 Å². The van der Waals surface area contributed by atoms with Gasteiger partial charge in [0.15, 0.2) is 11.0 Å². The monoisotopic (exact) mass is 470 g/mol. The van der Waals surface area contributed by atoms with Crippen LogP contribution in [0, 0.1) is 0 Å². The maximum atomic E-state index is 12.4. The maximum Gasteiger partial charge on any atom is 0.238 e. The lowest BCUT2D eigenvalue weighted by atomic mass is 10.2. The number of aromatic nitrogens is 4. The number of benzene rings is 1. The Kier molecular flexibility index (Phi) is 6.35. The summed E-state index contributed by atoms with van der Waals surface area (Å²) in [5.74, 6) is 1.11. The summed E-state index contributed by atoms with van der Waals surface area (Å²) in [7, 11) is -3.79. The molecular formula is C20H18N6O4S2. The zero-order valence-corrected chi connectivity index (χ0v) is 18.2. The summed E-state index contributed by atoms with van der Waals surface area (Å²) in [6.45, 7) is 0.392. The van der Waals surface area contributed by atoms with Gasteiger partial charge in [-0.05, 0) is 48.5 Å². The van der Waals surface area contributed by atoms with Gasteiger partial charge in [0.05, 0.1) is 23.5 Å². The van der Waals surface area contributed by atoms with E-state index in [1.54, 1.807) is 24.7 Å². The number of nitrogens with one attached hydrogen (secondary N) is 1. The fraction of sp³-hybridized carbons (Fsp3) is 0.100. The lowest BCUT2D eigenvalue weighted by Crippen LogP contribution is -2.15. The number of rotatable bonds is 8. The Balaban J connectivity index is 1.48. The van der Waals surface area contributed by atoms with Gasteiger partial charge in [0, 0.05) is 23.6 Å². The van der Waals surface area contributed by atoms with E-state index in [2.05, 4.69) is 20.5 Å². The van der Waals surface area contributed by atoms with Crippen LogP contribution in [0.3, 0.4) is 0 Å². The van der Waals surface area contributed by atoms with E-state index in [0.29, 0.717) is 23.2 Å². The molecule has 0 bridgehead atoms. The first-order valence-electron chi connectivity index (χ1n) is 9.31. The average molecular weight is 471 g/mol. The first kappa shape index (κ1) is 21.7. The van der Waals surface area contributed by atoms with Crippen molar-refractivity contribution in [1.82, 2.24) is 19.7 Å². The van der Waals surface area contributed by atoms with E-state index in [1.807, 2.05) is 22.8 Å². The number of hydrogen-bond donors (Lipinski definition) is 2. The first-order valence-corrected chi connectivity index (χ1v) is 11.8. The second-order valence-corrected chi connectivity index (χ2v) is 9.12. The summed E-state index contributed by atoms with van der Waals surface area (Å²) in [5, 5.41) is 16.8. The number of pyridine rings is 1. The minimum absolute atomic E-state index is 0.0289. The van der Waals surface area contributed by atoms with Crippen molar-refractivity contribution in [2.75, 3.05) is 11.1 Å². The molecule has 0 atom stereocenters. The Morgan fingerprint density at radius 2 is 1.94 bits per heavy atom. The molecule has 0 spiro atoms. The minimum atomic E-state index is -3.79. The third-order valence-electron chi connectivity index (χ3n) is 4.33. The highest BCUT2D eigenvalue weighted by molar-refractivity contribution is 7.99.